The first-order chi connectivity index (χ1) is 15.2. The van der Waals surface area contributed by atoms with Gasteiger partial charge in [0.15, 0.2) is 5.82 Å². The Balaban J connectivity index is 2.13. The number of rotatable bonds is 12. The minimum atomic E-state index is -0.519. The summed E-state index contributed by atoms with van der Waals surface area (Å²) in [4.78, 5) is 40.0. The van der Waals surface area contributed by atoms with E-state index in [-0.39, 0.29) is 35.6 Å². The topological polar surface area (TPSA) is 122 Å². The predicted molar refractivity (Wildman–Crippen MR) is 120 cm³/mol. The number of non-ortho nitro benzene ring substituents is 1. The maximum absolute atomic E-state index is 13.2. The lowest BCUT2D eigenvalue weighted by molar-refractivity contribution is -0.384. The normalized spacial score (nSPS) is 11.9. The highest BCUT2D eigenvalue weighted by Gasteiger charge is 2.25. The van der Waals surface area contributed by atoms with Gasteiger partial charge in [0, 0.05) is 29.8 Å². The van der Waals surface area contributed by atoms with Crippen molar-refractivity contribution in [1.82, 2.24) is 15.0 Å². The third-order valence-electron chi connectivity index (χ3n) is 5.32. The monoisotopic (exact) mass is 445 g/mol. The van der Waals surface area contributed by atoms with Crippen LogP contribution in [0.25, 0.3) is 0 Å². The van der Waals surface area contributed by atoms with Crippen LogP contribution in [0, 0.1) is 17.0 Å². The van der Waals surface area contributed by atoms with Crippen LogP contribution >= 0.6 is 0 Å². The van der Waals surface area contributed by atoms with Gasteiger partial charge in [0.25, 0.3) is 11.6 Å². The molecule has 0 aliphatic heterocycles. The van der Waals surface area contributed by atoms with Crippen molar-refractivity contribution in [2.24, 2.45) is 0 Å². The summed E-state index contributed by atoms with van der Waals surface area (Å²) in [6, 6.07) is 6.78. The molecule has 1 aromatic heterocycles. The van der Waals surface area contributed by atoms with Crippen LogP contribution in [0.15, 0.2) is 34.9 Å². The second kappa shape index (κ2) is 11.9. The predicted octanol–water partition coefficient (Wildman–Crippen LogP) is 3.48. The van der Waals surface area contributed by atoms with Gasteiger partial charge in [-0.05, 0) is 58.5 Å². The van der Waals surface area contributed by atoms with E-state index in [0.29, 0.717) is 12.2 Å². The molecule has 2 amide bonds. The Morgan fingerprint density at radius 3 is 2.41 bits per heavy atom. The number of hydrogen-bond acceptors (Lipinski definition) is 7. The maximum atomic E-state index is 13.2. The van der Waals surface area contributed by atoms with Gasteiger partial charge in [-0.2, -0.15) is 0 Å². The third kappa shape index (κ3) is 7.16. The quantitative estimate of drug-likeness (QED) is 0.392. The van der Waals surface area contributed by atoms with Gasteiger partial charge in [0.2, 0.25) is 5.91 Å². The lowest BCUT2D eigenvalue weighted by Crippen LogP contribution is -2.44. The fourth-order valence-electron chi connectivity index (χ4n) is 3.39. The molecule has 1 heterocycles. The summed E-state index contributed by atoms with van der Waals surface area (Å²) in [5, 5.41) is 17.3. The molecule has 2 rings (SSSR count). The Morgan fingerprint density at radius 2 is 1.88 bits per heavy atom. The van der Waals surface area contributed by atoms with Crippen LogP contribution < -0.4 is 5.32 Å². The van der Waals surface area contributed by atoms with Crippen molar-refractivity contribution in [1.29, 1.82) is 0 Å². The van der Waals surface area contributed by atoms with E-state index in [1.54, 1.807) is 13.0 Å². The van der Waals surface area contributed by atoms with Crippen molar-refractivity contribution in [3.8, 4) is 0 Å². The van der Waals surface area contributed by atoms with Crippen molar-refractivity contribution < 1.29 is 19.0 Å². The van der Waals surface area contributed by atoms with E-state index in [1.807, 2.05) is 6.92 Å². The highest BCUT2D eigenvalue weighted by molar-refractivity contribution is 5.99. The largest absolute Gasteiger partial charge is 0.360 e. The SMILES string of the molecule is CCN(CC)CCCC(C)N(CC(=O)Nc1cc(C)on1)C(=O)c1ccc([N+](=O)[O-])cc1. The molecule has 1 aromatic carbocycles. The van der Waals surface area contributed by atoms with E-state index < -0.39 is 10.8 Å². The lowest BCUT2D eigenvalue weighted by Gasteiger charge is -2.29. The molecule has 0 saturated heterocycles. The van der Waals surface area contributed by atoms with Gasteiger partial charge in [-0.25, -0.2) is 0 Å². The van der Waals surface area contributed by atoms with Gasteiger partial charge in [0.05, 0.1) is 4.92 Å². The Hall–Kier alpha value is -3.27. The average molecular weight is 446 g/mol. The molecular formula is C22H31N5O5. The fourth-order valence-corrected chi connectivity index (χ4v) is 3.39. The van der Waals surface area contributed by atoms with Crippen LogP contribution in [0.1, 0.15) is 49.7 Å². The highest BCUT2D eigenvalue weighted by Crippen LogP contribution is 2.17. The molecule has 0 bridgehead atoms. The molecule has 1 N–H and O–H groups in total. The number of hydrogen-bond donors (Lipinski definition) is 1. The van der Waals surface area contributed by atoms with Crippen molar-refractivity contribution in [2.75, 3.05) is 31.5 Å². The van der Waals surface area contributed by atoms with E-state index in [2.05, 4.69) is 29.2 Å². The molecule has 0 aliphatic rings. The van der Waals surface area contributed by atoms with Gasteiger partial charge in [-0.3, -0.25) is 19.7 Å². The van der Waals surface area contributed by atoms with Gasteiger partial charge in [0.1, 0.15) is 12.3 Å². The van der Waals surface area contributed by atoms with Crippen molar-refractivity contribution in [3.63, 3.8) is 0 Å². The molecule has 0 aliphatic carbocycles. The number of carbonyl (C=O) groups is 2. The number of aryl methyl sites for hydroxylation is 1. The van der Waals surface area contributed by atoms with Crippen molar-refractivity contribution in [3.05, 3.63) is 51.8 Å². The third-order valence-corrected chi connectivity index (χ3v) is 5.32. The molecule has 0 spiro atoms. The minimum absolute atomic E-state index is 0.0977. The molecule has 32 heavy (non-hydrogen) atoms. The van der Waals surface area contributed by atoms with E-state index in [4.69, 9.17) is 4.52 Å². The van der Waals surface area contributed by atoms with Crippen molar-refractivity contribution >= 4 is 23.3 Å². The summed E-state index contributed by atoms with van der Waals surface area (Å²) in [5.74, 6) is 0.0826. The van der Waals surface area contributed by atoms with Crippen LogP contribution in [-0.2, 0) is 4.79 Å². The first-order valence-corrected chi connectivity index (χ1v) is 10.8. The van der Waals surface area contributed by atoms with Crippen molar-refractivity contribution in [2.45, 2.75) is 46.6 Å². The number of nitro groups is 1. The molecule has 10 nitrogen and oxygen atoms in total. The molecular weight excluding hydrogens is 414 g/mol. The first kappa shape index (κ1) is 25.0. The Kier molecular flexibility index (Phi) is 9.33. The number of benzene rings is 1. The summed E-state index contributed by atoms with van der Waals surface area (Å²) < 4.78 is 4.96. The van der Waals surface area contributed by atoms with Gasteiger partial charge >= 0.3 is 0 Å². The second-order valence-electron chi connectivity index (χ2n) is 7.63. The average Bonchev–Trinajstić information content (AvgIpc) is 3.18. The smallest absolute Gasteiger partial charge is 0.269 e. The summed E-state index contributed by atoms with van der Waals surface area (Å²) in [6.07, 6.45) is 1.59. The summed E-state index contributed by atoms with van der Waals surface area (Å²) in [7, 11) is 0. The molecule has 0 fully saturated rings. The van der Waals surface area contributed by atoms with Crippen LogP contribution in [0.4, 0.5) is 11.5 Å². The molecule has 0 saturated carbocycles. The number of nitro benzene ring substituents is 1. The summed E-state index contributed by atoms with van der Waals surface area (Å²) in [5.41, 5.74) is 0.191. The summed E-state index contributed by atoms with van der Waals surface area (Å²) in [6.45, 7) is 10.5. The Morgan fingerprint density at radius 1 is 1.22 bits per heavy atom. The Bertz CT molecular complexity index is 908. The van der Waals surface area contributed by atoms with E-state index in [1.165, 1.54) is 29.2 Å². The minimum Gasteiger partial charge on any atom is -0.360 e. The van der Waals surface area contributed by atoms with Gasteiger partial charge in [-0.15, -0.1) is 0 Å². The van der Waals surface area contributed by atoms with Gasteiger partial charge < -0.3 is 19.6 Å². The fraction of sp³-hybridized carbons (Fsp3) is 0.500. The second-order valence-corrected chi connectivity index (χ2v) is 7.63. The van der Waals surface area contributed by atoms with Crippen LogP contribution in [0.3, 0.4) is 0 Å². The van der Waals surface area contributed by atoms with Gasteiger partial charge in [-0.1, -0.05) is 19.0 Å². The molecule has 0 radical (unpaired) electrons. The molecule has 10 heteroatoms. The number of amides is 2. The number of anilines is 1. The highest BCUT2D eigenvalue weighted by atomic mass is 16.6. The Labute approximate surface area is 187 Å². The zero-order valence-corrected chi connectivity index (χ0v) is 19.0. The van der Waals surface area contributed by atoms with E-state index >= 15 is 0 Å². The summed E-state index contributed by atoms with van der Waals surface area (Å²) >= 11 is 0. The first-order valence-electron chi connectivity index (χ1n) is 10.8. The zero-order valence-electron chi connectivity index (χ0n) is 19.0. The molecule has 174 valence electrons. The lowest BCUT2D eigenvalue weighted by atomic mass is 10.1. The maximum Gasteiger partial charge on any atom is 0.269 e. The number of aromatic nitrogens is 1. The van der Waals surface area contributed by atoms with E-state index in [0.717, 1.165) is 26.1 Å². The van der Waals surface area contributed by atoms with Crippen LogP contribution in [0.5, 0.6) is 0 Å². The van der Waals surface area contributed by atoms with E-state index in [9.17, 15) is 19.7 Å². The number of nitrogens with zero attached hydrogens (tertiary/aromatic N) is 4. The van der Waals surface area contributed by atoms with Crippen LogP contribution in [-0.4, -0.2) is 63.9 Å². The number of nitrogens with one attached hydrogen (secondary N) is 1. The van der Waals surface area contributed by atoms with Crippen LogP contribution in [0.2, 0.25) is 0 Å². The molecule has 1 unspecified atom stereocenters. The molecule has 2 aromatic rings. The standard InChI is InChI=1S/C22H31N5O5/c1-5-25(6-2)13-7-8-16(3)26(15-21(28)23-20-14-17(4)32-24-20)22(29)18-9-11-19(12-10-18)27(30)31/h9-12,14,16H,5-8,13,15H2,1-4H3,(H,23,24,28). The molecule has 1 atom stereocenters. The number of carbonyl (C=O) groups excluding carboxylic acids is 2. The zero-order chi connectivity index (χ0) is 23.7.